The van der Waals surface area contributed by atoms with Gasteiger partial charge in [0, 0.05) is 5.56 Å². The molecule has 8 heteroatoms. The topological polar surface area (TPSA) is 99.6 Å². The third-order valence-electron chi connectivity index (χ3n) is 5.70. The first-order chi connectivity index (χ1) is 15.5. The minimum Gasteiger partial charge on any atom is -0.493 e. The second-order valence-electron chi connectivity index (χ2n) is 9.69. The number of esters is 1. The number of nitrogens with zero attached hydrogens (tertiary/aromatic N) is 2. The summed E-state index contributed by atoms with van der Waals surface area (Å²) in [6.45, 7) is 11.8. The first kappa shape index (κ1) is 24.5. The number of anilines is 1. The van der Waals surface area contributed by atoms with E-state index in [4.69, 9.17) is 14.2 Å². The predicted octanol–water partition coefficient (Wildman–Crippen LogP) is 5.24. The molecule has 0 saturated heterocycles. The smallest absolute Gasteiger partial charge is 0.322 e. The second-order valence-corrected chi connectivity index (χ2v) is 9.69. The van der Waals surface area contributed by atoms with E-state index in [9.17, 15) is 9.59 Å². The maximum atomic E-state index is 12.9. The lowest BCUT2D eigenvalue weighted by atomic mass is 9.83. The predicted molar refractivity (Wildman–Crippen MR) is 125 cm³/mol. The molecule has 2 heterocycles. The van der Waals surface area contributed by atoms with Crippen LogP contribution >= 0.6 is 0 Å². The molecule has 0 bridgehead atoms. The van der Waals surface area contributed by atoms with Gasteiger partial charge < -0.3 is 19.5 Å². The molecule has 0 fully saturated rings. The molecule has 3 rings (SSSR count). The van der Waals surface area contributed by atoms with Gasteiger partial charge in [-0.3, -0.25) is 9.59 Å². The fourth-order valence-electron chi connectivity index (χ4n) is 3.59. The zero-order valence-electron chi connectivity index (χ0n) is 20.2. The Labute approximate surface area is 195 Å². The van der Waals surface area contributed by atoms with Crippen molar-refractivity contribution in [3.05, 3.63) is 36.2 Å². The van der Waals surface area contributed by atoms with Crippen molar-refractivity contribution in [3.8, 4) is 17.5 Å². The molecular formula is C25H33N3O5. The Balaban J connectivity index is 1.67. The largest absolute Gasteiger partial charge is 0.493 e. The van der Waals surface area contributed by atoms with Gasteiger partial charge in [0.15, 0.2) is 0 Å². The maximum absolute atomic E-state index is 12.9. The van der Waals surface area contributed by atoms with E-state index < -0.39 is 17.0 Å². The Morgan fingerprint density at radius 1 is 1.18 bits per heavy atom. The van der Waals surface area contributed by atoms with Crippen LogP contribution in [0.4, 0.5) is 5.69 Å². The van der Waals surface area contributed by atoms with Crippen LogP contribution in [0.2, 0.25) is 0 Å². The lowest BCUT2D eigenvalue weighted by molar-refractivity contribution is -0.159. The number of fused-ring (bicyclic) bond motifs is 1. The summed E-state index contributed by atoms with van der Waals surface area (Å²) in [5.41, 5.74) is -0.0986. The van der Waals surface area contributed by atoms with Crippen molar-refractivity contribution in [1.29, 1.82) is 0 Å². The maximum Gasteiger partial charge on any atom is 0.322 e. The molecule has 2 aromatic rings. The minimum atomic E-state index is -0.920. The van der Waals surface area contributed by atoms with E-state index in [1.54, 1.807) is 27.7 Å². The molecule has 1 aliphatic rings. The van der Waals surface area contributed by atoms with E-state index in [0.717, 1.165) is 17.7 Å². The van der Waals surface area contributed by atoms with Crippen LogP contribution in [-0.2, 0) is 14.3 Å². The first-order valence-corrected chi connectivity index (χ1v) is 11.3. The highest BCUT2D eigenvalue weighted by Gasteiger charge is 2.36. The van der Waals surface area contributed by atoms with Gasteiger partial charge in [-0.05, 0) is 51.7 Å². The number of amides is 1. The van der Waals surface area contributed by atoms with Gasteiger partial charge in [0.2, 0.25) is 5.91 Å². The highest BCUT2D eigenvalue weighted by Crippen LogP contribution is 2.41. The van der Waals surface area contributed by atoms with Crippen molar-refractivity contribution in [1.82, 2.24) is 9.97 Å². The van der Waals surface area contributed by atoms with Gasteiger partial charge in [-0.1, -0.05) is 26.8 Å². The van der Waals surface area contributed by atoms with Gasteiger partial charge in [-0.25, -0.2) is 9.97 Å². The van der Waals surface area contributed by atoms with Crippen LogP contribution in [0, 0.1) is 5.41 Å². The summed E-state index contributed by atoms with van der Waals surface area (Å²) in [4.78, 5) is 33.7. The van der Waals surface area contributed by atoms with Crippen LogP contribution in [-0.4, -0.2) is 34.1 Å². The van der Waals surface area contributed by atoms with E-state index >= 15 is 0 Å². The van der Waals surface area contributed by atoms with Crippen molar-refractivity contribution in [2.75, 3.05) is 11.9 Å². The average molecular weight is 456 g/mol. The van der Waals surface area contributed by atoms with Crippen molar-refractivity contribution >= 4 is 17.6 Å². The Hall–Kier alpha value is -3.16. The minimum absolute atomic E-state index is 0.0198. The third-order valence-corrected chi connectivity index (χ3v) is 5.70. The van der Waals surface area contributed by atoms with E-state index in [1.165, 1.54) is 12.4 Å². The molecule has 1 aromatic carbocycles. The molecule has 8 nitrogen and oxygen atoms in total. The summed E-state index contributed by atoms with van der Waals surface area (Å²) in [6.07, 6.45) is 4.34. The number of hydrogen-bond acceptors (Lipinski definition) is 7. The van der Waals surface area contributed by atoms with E-state index in [2.05, 4.69) is 22.2 Å². The lowest BCUT2D eigenvalue weighted by Gasteiger charge is -2.28. The molecule has 1 unspecified atom stereocenters. The zero-order chi connectivity index (χ0) is 24.2. The number of aromatic nitrogens is 2. The van der Waals surface area contributed by atoms with E-state index in [1.807, 2.05) is 25.1 Å². The fraction of sp³-hybridized carbons (Fsp3) is 0.520. The van der Waals surface area contributed by atoms with Gasteiger partial charge in [-0.15, -0.1) is 0 Å². The first-order valence-electron chi connectivity index (χ1n) is 11.3. The Bertz CT molecular complexity index is 1000. The summed E-state index contributed by atoms with van der Waals surface area (Å²) in [5, 5.41) is 2.80. The molecule has 0 saturated carbocycles. The van der Waals surface area contributed by atoms with Crippen LogP contribution in [0.15, 0.2) is 30.6 Å². The van der Waals surface area contributed by atoms with Gasteiger partial charge in [-0.2, -0.15) is 0 Å². The summed E-state index contributed by atoms with van der Waals surface area (Å²) >= 11 is 0. The highest BCUT2D eigenvalue weighted by atomic mass is 16.6. The number of carbonyl (C=O) groups excluding carboxylic acids is 2. The van der Waals surface area contributed by atoms with Crippen LogP contribution in [0.3, 0.4) is 0 Å². The monoisotopic (exact) mass is 455 g/mol. The van der Waals surface area contributed by atoms with Gasteiger partial charge >= 0.3 is 12.0 Å². The highest BCUT2D eigenvalue weighted by molar-refractivity contribution is 5.97. The van der Waals surface area contributed by atoms with Gasteiger partial charge in [0.25, 0.3) is 0 Å². The summed E-state index contributed by atoms with van der Waals surface area (Å²) in [7, 11) is 0. The molecule has 0 aliphatic carbocycles. The van der Waals surface area contributed by atoms with Crippen molar-refractivity contribution in [2.45, 2.75) is 72.3 Å². The molecule has 0 spiro atoms. The molecule has 1 aromatic heterocycles. The molecule has 178 valence electrons. The number of ether oxygens (including phenoxy) is 3. The Kier molecular flexibility index (Phi) is 7.25. The molecule has 1 aliphatic heterocycles. The van der Waals surface area contributed by atoms with Gasteiger partial charge in [0.1, 0.15) is 17.1 Å². The number of carbonyl (C=O) groups is 2. The van der Waals surface area contributed by atoms with Crippen molar-refractivity contribution in [2.24, 2.45) is 5.41 Å². The summed E-state index contributed by atoms with van der Waals surface area (Å²) in [6, 6.07) is 5.84. The number of rotatable bonds is 7. The number of benzene rings is 1. The molecule has 33 heavy (non-hydrogen) atoms. The van der Waals surface area contributed by atoms with Crippen LogP contribution in [0.1, 0.15) is 72.3 Å². The normalized spacial score (nSPS) is 17.2. The van der Waals surface area contributed by atoms with Gasteiger partial charge in [0.05, 0.1) is 36.5 Å². The summed E-state index contributed by atoms with van der Waals surface area (Å²) in [5.74, 6) is 1.08. The summed E-state index contributed by atoms with van der Waals surface area (Å²) < 4.78 is 17.0. The van der Waals surface area contributed by atoms with Crippen molar-refractivity contribution in [3.63, 3.8) is 0 Å². The quantitative estimate of drug-likeness (QED) is 0.570. The second kappa shape index (κ2) is 9.77. The standard InChI is InChI=1S/C25H33N3O5/c1-7-25(6,13-20(29)33-24(3,4)5)22(30)28-17-14-26-23(27-15-17)32-19-10-8-9-18-21(19)16(2)11-12-31-18/h8-10,14-16H,7,11-13H2,1-6H3,(H,28,30)/t16?,25-/m0/s1. The Morgan fingerprint density at radius 3 is 2.52 bits per heavy atom. The number of nitrogens with one attached hydrogen (secondary N) is 1. The number of hydrogen-bond donors (Lipinski definition) is 1. The van der Waals surface area contributed by atoms with Crippen LogP contribution in [0.25, 0.3) is 0 Å². The molecule has 0 radical (unpaired) electrons. The molecule has 2 atom stereocenters. The van der Waals surface area contributed by atoms with Crippen molar-refractivity contribution < 1.29 is 23.8 Å². The Morgan fingerprint density at radius 2 is 1.88 bits per heavy atom. The lowest BCUT2D eigenvalue weighted by Crippen LogP contribution is -2.37. The van der Waals surface area contributed by atoms with Crippen LogP contribution in [0.5, 0.6) is 17.5 Å². The van der Waals surface area contributed by atoms with E-state index in [-0.39, 0.29) is 18.3 Å². The fourth-order valence-corrected chi connectivity index (χ4v) is 3.59. The van der Waals surface area contributed by atoms with E-state index in [0.29, 0.717) is 30.4 Å². The molecule has 1 amide bonds. The average Bonchev–Trinajstić information content (AvgIpc) is 2.74. The third kappa shape index (κ3) is 6.21. The van der Waals surface area contributed by atoms with Crippen LogP contribution < -0.4 is 14.8 Å². The molecular weight excluding hydrogens is 422 g/mol. The molecule has 1 N–H and O–H groups in total. The zero-order valence-corrected chi connectivity index (χ0v) is 20.2. The SMILES string of the molecule is CC[C@@](C)(CC(=O)OC(C)(C)C)C(=O)Nc1cnc(Oc2cccc3c2C(C)CCO3)nc1.